The molecule has 0 heterocycles. The van der Waals surface area contributed by atoms with Crippen molar-refractivity contribution in [2.75, 3.05) is 33.7 Å². The fourth-order valence-corrected chi connectivity index (χ4v) is 2.96. The smallest absolute Gasteiger partial charge is 0.0224 e. The lowest BCUT2D eigenvalue weighted by molar-refractivity contribution is 0.125. The van der Waals surface area contributed by atoms with Crippen molar-refractivity contribution in [2.45, 2.75) is 38.8 Å². The van der Waals surface area contributed by atoms with Crippen LogP contribution in [-0.2, 0) is 6.42 Å². The minimum atomic E-state index is 0.468. The lowest BCUT2D eigenvalue weighted by atomic mass is 10.0. The van der Waals surface area contributed by atoms with Gasteiger partial charge < -0.3 is 10.6 Å². The first-order valence-electron chi connectivity index (χ1n) is 7.72. The molecule has 3 heteroatoms. The zero-order valence-corrected chi connectivity index (χ0v) is 13.5. The minimum Gasteiger partial charge on any atom is -0.329 e. The molecule has 2 atom stereocenters. The van der Waals surface area contributed by atoms with E-state index in [9.17, 15) is 0 Å². The standard InChI is InChI=1S/C17H31N3/c1-5-20(15(2)14-19(3)4)17(13-18)12-11-16-9-7-6-8-10-16/h6-10,15,17H,5,11-14,18H2,1-4H3. The Morgan fingerprint density at radius 1 is 1.15 bits per heavy atom. The average Bonchev–Trinajstić information content (AvgIpc) is 2.43. The van der Waals surface area contributed by atoms with Gasteiger partial charge >= 0.3 is 0 Å². The maximum Gasteiger partial charge on any atom is 0.0224 e. The van der Waals surface area contributed by atoms with Crippen molar-refractivity contribution < 1.29 is 0 Å². The summed E-state index contributed by atoms with van der Waals surface area (Å²) in [5.74, 6) is 0. The summed E-state index contributed by atoms with van der Waals surface area (Å²) in [5.41, 5.74) is 7.43. The maximum atomic E-state index is 6.03. The van der Waals surface area contributed by atoms with Crippen molar-refractivity contribution in [3.05, 3.63) is 35.9 Å². The molecule has 2 unspecified atom stereocenters. The van der Waals surface area contributed by atoms with Gasteiger partial charge in [0.15, 0.2) is 0 Å². The molecular formula is C17H31N3. The first-order chi connectivity index (χ1) is 9.58. The molecule has 2 N–H and O–H groups in total. The number of benzene rings is 1. The summed E-state index contributed by atoms with van der Waals surface area (Å²) in [7, 11) is 4.26. The van der Waals surface area contributed by atoms with Crippen LogP contribution in [0.25, 0.3) is 0 Å². The van der Waals surface area contributed by atoms with E-state index in [2.05, 4.69) is 68.1 Å². The molecule has 3 nitrogen and oxygen atoms in total. The molecule has 1 aromatic carbocycles. The molecule has 114 valence electrons. The summed E-state index contributed by atoms with van der Waals surface area (Å²) < 4.78 is 0. The second-order valence-electron chi connectivity index (χ2n) is 5.86. The van der Waals surface area contributed by atoms with Crippen molar-refractivity contribution >= 4 is 0 Å². The summed E-state index contributed by atoms with van der Waals surface area (Å²) >= 11 is 0. The Morgan fingerprint density at radius 2 is 1.80 bits per heavy atom. The monoisotopic (exact) mass is 277 g/mol. The summed E-state index contributed by atoms with van der Waals surface area (Å²) in [6.07, 6.45) is 2.24. The molecule has 20 heavy (non-hydrogen) atoms. The van der Waals surface area contributed by atoms with Crippen LogP contribution in [0, 0.1) is 0 Å². The van der Waals surface area contributed by atoms with E-state index < -0.39 is 0 Å². The van der Waals surface area contributed by atoms with Crippen molar-refractivity contribution in [1.29, 1.82) is 0 Å². The van der Waals surface area contributed by atoms with Gasteiger partial charge in [-0.3, -0.25) is 4.90 Å². The van der Waals surface area contributed by atoms with E-state index in [1.807, 2.05) is 0 Å². The Morgan fingerprint density at radius 3 is 2.30 bits per heavy atom. The predicted molar refractivity (Wildman–Crippen MR) is 88.0 cm³/mol. The SMILES string of the molecule is CCN(C(C)CN(C)C)C(CN)CCc1ccccc1. The predicted octanol–water partition coefficient (Wildman–Crippen LogP) is 2.22. The molecule has 0 aliphatic heterocycles. The van der Waals surface area contributed by atoms with Crippen LogP contribution in [0.2, 0.25) is 0 Å². The normalized spacial score (nSPS) is 14.8. The van der Waals surface area contributed by atoms with Gasteiger partial charge in [-0.15, -0.1) is 0 Å². The molecule has 0 fully saturated rings. The zero-order valence-electron chi connectivity index (χ0n) is 13.5. The van der Waals surface area contributed by atoms with E-state index >= 15 is 0 Å². The van der Waals surface area contributed by atoms with Crippen LogP contribution >= 0.6 is 0 Å². The van der Waals surface area contributed by atoms with E-state index in [0.717, 1.165) is 32.5 Å². The average molecular weight is 277 g/mol. The van der Waals surface area contributed by atoms with Gasteiger partial charge in [0.25, 0.3) is 0 Å². The van der Waals surface area contributed by atoms with Crippen LogP contribution in [0.1, 0.15) is 25.8 Å². The second kappa shape index (κ2) is 9.11. The van der Waals surface area contributed by atoms with E-state index in [4.69, 9.17) is 5.73 Å². The molecule has 0 saturated carbocycles. The highest BCUT2D eigenvalue weighted by atomic mass is 15.2. The van der Waals surface area contributed by atoms with Gasteiger partial charge in [-0.1, -0.05) is 37.3 Å². The molecule has 0 radical (unpaired) electrons. The van der Waals surface area contributed by atoms with Gasteiger partial charge in [-0.25, -0.2) is 0 Å². The van der Waals surface area contributed by atoms with Gasteiger partial charge in [0.2, 0.25) is 0 Å². The number of rotatable bonds is 9. The number of aryl methyl sites for hydroxylation is 1. The molecule has 0 aliphatic carbocycles. The lowest BCUT2D eigenvalue weighted by Gasteiger charge is -2.36. The second-order valence-corrected chi connectivity index (χ2v) is 5.86. The Bertz CT molecular complexity index is 351. The summed E-state index contributed by atoms with van der Waals surface area (Å²) in [6.45, 7) is 7.41. The highest BCUT2D eigenvalue weighted by Crippen LogP contribution is 2.13. The van der Waals surface area contributed by atoms with E-state index in [0.29, 0.717) is 12.1 Å². The van der Waals surface area contributed by atoms with Crippen LogP contribution in [-0.4, -0.2) is 55.6 Å². The molecular weight excluding hydrogens is 246 g/mol. The molecule has 0 saturated heterocycles. The fraction of sp³-hybridized carbons (Fsp3) is 0.647. The van der Waals surface area contributed by atoms with Gasteiger partial charge in [0, 0.05) is 25.2 Å². The highest BCUT2D eigenvalue weighted by molar-refractivity contribution is 5.14. The Balaban J connectivity index is 2.58. The Kier molecular flexibility index (Phi) is 7.82. The van der Waals surface area contributed by atoms with Gasteiger partial charge in [-0.05, 0) is 46.0 Å². The molecule has 1 aromatic rings. The van der Waals surface area contributed by atoms with Gasteiger partial charge in [0.1, 0.15) is 0 Å². The lowest BCUT2D eigenvalue weighted by Crippen LogP contribution is -2.49. The molecule has 1 rings (SSSR count). The molecule has 0 spiro atoms. The van der Waals surface area contributed by atoms with Crippen LogP contribution in [0.5, 0.6) is 0 Å². The fourth-order valence-electron chi connectivity index (χ4n) is 2.96. The maximum absolute atomic E-state index is 6.03. The van der Waals surface area contributed by atoms with Crippen molar-refractivity contribution in [3.63, 3.8) is 0 Å². The quantitative estimate of drug-likeness (QED) is 0.751. The number of nitrogens with two attached hydrogens (primary N) is 1. The van der Waals surface area contributed by atoms with E-state index in [1.54, 1.807) is 0 Å². The largest absolute Gasteiger partial charge is 0.329 e. The third-order valence-electron chi connectivity index (χ3n) is 3.91. The number of likely N-dealkylation sites (N-methyl/N-ethyl adjacent to an activating group) is 2. The van der Waals surface area contributed by atoms with Crippen LogP contribution in [0.3, 0.4) is 0 Å². The van der Waals surface area contributed by atoms with Crippen LogP contribution < -0.4 is 5.73 Å². The summed E-state index contributed by atoms with van der Waals surface area (Å²) in [5, 5.41) is 0. The van der Waals surface area contributed by atoms with Crippen molar-refractivity contribution in [3.8, 4) is 0 Å². The van der Waals surface area contributed by atoms with E-state index in [-0.39, 0.29) is 0 Å². The van der Waals surface area contributed by atoms with Gasteiger partial charge in [-0.2, -0.15) is 0 Å². The minimum absolute atomic E-state index is 0.468. The van der Waals surface area contributed by atoms with E-state index in [1.165, 1.54) is 5.56 Å². The highest BCUT2D eigenvalue weighted by Gasteiger charge is 2.21. The first kappa shape index (κ1) is 17.2. The Labute approximate surface area is 124 Å². The molecule has 0 aromatic heterocycles. The molecule has 0 aliphatic rings. The van der Waals surface area contributed by atoms with Crippen LogP contribution in [0.4, 0.5) is 0 Å². The van der Waals surface area contributed by atoms with Crippen molar-refractivity contribution in [2.24, 2.45) is 5.73 Å². The molecule has 0 amide bonds. The molecule has 0 bridgehead atoms. The summed E-state index contributed by atoms with van der Waals surface area (Å²) in [6, 6.07) is 11.7. The van der Waals surface area contributed by atoms with Crippen LogP contribution in [0.15, 0.2) is 30.3 Å². The first-order valence-corrected chi connectivity index (χ1v) is 7.72. The number of hydrogen-bond acceptors (Lipinski definition) is 3. The summed E-state index contributed by atoms with van der Waals surface area (Å²) in [4.78, 5) is 4.79. The topological polar surface area (TPSA) is 32.5 Å². The third-order valence-corrected chi connectivity index (χ3v) is 3.91. The Hall–Kier alpha value is -0.900. The number of nitrogens with zero attached hydrogens (tertiary/aromatic N) is 2. The third kappa shape index (κ3) is 5.61. The van der Waals surface area contributed by atoms with Gasteiger partial charge in [0.05, 0.1) is 0 Å². The number of hydrogen-bond donors (Lipinski definition) is 1. The van der Waals surface area contributed by atoms with Crippen molar-refractivity contribution in [1.82, 2.24) is 9.80 Å². The zero-order chi connectivity index (χ0) is 15.0.